The Balaban J connectivity index is 1.12. The van der Waals surface area contributed by atoms with E-state index >= 15 is 0 Å². The largest absolute Gasteiger partial charge is 0.495 e. The van der Waals surface area contributed by atoms with Crippen molar-refractivity contribution in [1.82, 2.24) is 24.8 Å². The van der Waals surface area contributed by atoms with Crippen molar-refractivity contribution in [3.8, 4) is 17.2 Å². The van der Waals surface area contributed by atoms with Gasteiger partial charge in [-0.25, -0.2) is 14.8 Å². The van der Waals surface area contributed by atoms with E-state index in [9.17, 15) is 4.79 Å². The van der Waals surface area contributed by atoms with Crippen molar-refractivity contribution in [2.45, 2.75) is 13.3 Å². The molecule has 2 amide bonds. The van der Waals surface area contributed by atoms with Gasteiger partial charge in [-0.3, -0.25) is 5.32 Å². The highest BCUT2D eigenvalue weighted by Gasteiger charge is 2.16. The minimum Gasteiger partial charge on any atom is -0.495 e. The van der Waals surface area contributed by atoms with E-state index in [-0.39, 0.29) is 6.01 Å². The monoisotopic (exact) mass is 626 g/mol. The molecule has 2 aromatic heterocycles. The van der Waals surface area contributed by atoms with Crippen molar-refractivity contribution in [3.63, 3.8) is 0 Å². The standard InChI is InChI=1S/C33H38N8O5/c1-21-6-9-27(43-3)26(16-21)37-32(42)39-33-38-24-8-7-22(17-28(24)46-33)36-31-23-18-29(44-4)30(19-25(23)34-20-35-31)45-15-5-10-41-13-11-40(2)12-14-41/h6-9,16-20H,5,10-15H2,1-4H3,(H,34,35,36)(H2,37,38,39,42). The number of fused-ring (bicyclic) bond motifs is 2. The summed E-state index contributed by atoms with van der Waals surface area (Å²) in [5.74, 6) is 2.39. The third-order valence-corrected chi connectivity index (χ3v) is 7.87. The molecular formula is C33H38N8O5. The molecule has 1 saturated heterocycles. The number of aromatic nitrogens is 3. The molecule has 5 aromatic rings. The van der Waals surface area contributed by atoms with E-state index in [2.05, 4.69) is 47.7 Å². The summed E-state index contributed by atoms with van der Waals surface area (Å²) in [6.45, 7) is 7.90. The molecule has 1 aliphatic heterocycles. The Kier molecular flexibility index (Phi) is 9.31. The number of nitrogens with zero attached hydrogens (tertiary/aromatic N) is 5. The molecule has 240 valence electrons. The molecule has 3 N–H and O–H groups in total. The molecule has 1 aliphatic rings. The number of benzene rings is 3. The normalized spacial score (nSPS) is 13.9. The van der Waals surface area contributed by atoms with Crippen LogP contribution in [0.1, 0.15) is 12.0 Å². The van der Waals surface area contributed by atoms with Gasteiger partial charge in [0.1, 0.15) is 23.4 Å². The first-order valence-electron chi connectivity index (χ1n) is 15.1. The van der Waals surface area contributed by atoms with Crippen LogP contribution in [-0.2, 0) is 0 Å². The van der Waals surface area contributed by atoms with E-state index in [1.54, 1.807) is 32.4 Å². The van der Waals surface area contributed by atoms with Gasteiger partial charge in [-0.1, -0.05) is 6.07 Å². The van der Waals surface area contributed by atoms with Crippen LogP contribution in [0.15, 0.2) is 59.3 Å². The maximum absolute atomic E-state index is 12.7. The lowest BCUT2D eigenvalue weighted by molar-refractivity contribution is 0.145. The molecule has 0 radical (unpaired) electrons. The SMILES string of the molecule is COc1ccc(C)cc1NC(=O)Nc1nc2ccc(Nc3ncnc4cc(OCCCN5CCN(C)CC5)c(OC)cc34)cc2o1. The Morgan fingerprint density at radius 2 is 1.74 bits per heavy atom. The lowest BCUT2D eigenvalue weighted by Crippen LogP contribution is -2.44. The predicted molar refractivity (Wildman–Crippen MR) is 178 cm³/mol. The highest BCUT2D eigenvalue weighted by Crippen LogP contribution is 2.35. The number of oxazole rings is 1. The molecule has 0 aliphatic carbocycles. The van der Waals surface area contributed by atoms with E-state index < -0.39 is 6.03 Å². The molecule has 0 atom stereocenters. The van der Waals surface area contributed by atoms with Crippen LogP contribution in [0, 0.1) is 6.92 Å². The first-order valence-corrected chi connectivity index (χ1v) is 15.1. The van der Waals surface area contributed by atoms with E-state index in [0.717, 1.165) is 55.6 Å². The number of methoxy groups -OCH3 is 2. The van der Waals surface area contributed by atoms with Crippen LogP contribution in [0.2, 0.25) is 0 Å². The average Bonchev–Trinajstić information content (AvgIpc) is 3.45. The van der Waals surface area contributed by atoms with Gasteiger partial charge in [-0.15, -0.1) is 0 Å². The highest BCUT2D eigenvalue weighted by molar-refractivity contribution is 6.00. The topological polar surface area (TPSA) is 139 Å². The molecule has 13 nitrogen and oxygen atoms in total. The first kappa shape index (κ1) is 30.9. The predicted octanol–water partition coefficient (Wildman–Crippen LogP) is 5.50. The van der Waals surface area contributed by atoms with Crippen LogP contribution < -0.4 is 30.2 Å². The molecule has 0 bridgehead atoms. The van der Waals surface area contributed by atoms with Crippen molar-refractivity contribution in [2.24, 2.45) is 0 Å². The number of likely N-dealkylation sites (N-methyl/N-ethyl adjacent to an activating group) is 1. The number of aryl methyl sites for hydroxylation is 1. The molecule has 1 fully saturated rings. The van der Waals surface area contributed by atoms with Crippen LogP contribution in [0.3, 0.4) is 0 Å². The molecule has 6 rings (SSSR count). The zero-order chi connectivity index (χ0) is 32.0. The van der Waals surface area contributed by atoms with Gasteiger partial charge in [0.25, 0.3) is 0 Å². The van der Waals surface area contributed by atoms with Crippen molar-refractivity contribution in [3.05, 3.63) is 60.4 Å². The number of rotatable bonds is 11. The van der Waals surface area contributed by atoms with E-state index in [0.29, 0.717) is 52.1 Å². The Morgan fingerprint density at radius 3 is 2.54 bits per heavy atom. The summed E-state index contributed by atoms with van der Waals surface area (Å²) in [5.41, 5.74) is 4.02. The van der Waals surface area contributed by atoms with Crippen molar-refractivity contribution in [2.75, 3.05) is 76.5 Å². The Morgan fingerprint density at radius 1 is 0.913 bits per heavy atom. The minimum absolute atomic E-state index is 0.0598. The van der Waals surface area contributed by atoms with Gasteiger partial charge in [-0.05, 0) is 56.3 Å². The highest BCUT2D eigenvalue weighted by atomic mass is 16.5. The number of carbonyl (C=O) groups excluding carboxylic acids is 1. The average molecular weight is 627 g/mol. The number of hydrogen-bond acceptors (Lipinski definition) is 11. The summed E-state index contributed by atoms with van der Waals surface area (Å²) >= 11 is 0. The molecule has 0 saturated carbocycles. The molecule has 0 spiro atoms. The summed E-state index contributed by atoms with van der Waals surface area (Å²) in [4.78, 5) is 30.8. The van der Waals surface area contributed by atoms with Crippen molar-refractivity contribution in [1.29, 1.82) is 0 Å². The zero-order valence-electron chi connectivity index (χ0n) is 26.4. The number of urea groups is 1. The number of ether oxygens (including phenoxy) is 3. The van der Waals surface area contributed by atoms with Crippen LogP contribution in [0.4, 0.5) is 28.0 Å². The molecule has 3 heterocycles. The summed E-state index contributed by atoms with van der Waals surface area (Å²) in [5, 5.41) is 9.53. The number of piperazine rings is 1. The second-order valence-corrected chi connectivity index (χ2v) is 11.2. The maximum atomic E-state index is 12.7. The summed E-state index contributed by atoms with van der Waals surface area (Å²) in [7, 11) is 5.33. The lowest BCUT2D eigenvalue weighted by Gasteiger charge is -2.32. The van der Waals surface area contributed by atoms with Gasteiger partial charge in [0.15, 0.2) is 17.1 Å². The third kappa shape index (κ3) is 7.22. The quantitative estimate of drug-likeness (QED) is 0.160. The van der Waals surface area contributed by atoms with Gasteiger partial charge in [0.05, 0.1) is 32.0 Å². The summed E-state index contributed by atoms with van der Waals surface area (Å²) in [6.07, 6.45) is 2.43. The number of carbonyl (C=O) groups is 1. The smallest absolute Gasteiger partial charge is 0.327 e. The van der Waals surface area contributed by atoms with Crippen LogP contribution >= 0.6 is 0 Å². The van der Waals surface area contributed by atoms with Crippen LogP contribution in [0.5, 0.6) is 17.2 Å². The molecular weight excluding hydrogens is 588 g/mol. The molecule has 3 aromatic carbocycles. The van der Waals surface area contributed by atoms with Gasteiger partial charge in [0.2, 0.25) is 0 Å². The second-order valence-electron chi connectivity index (χ2n) is 11.2. The number of anilines is 4. The fourth-order valence-corrected chi connectivity index (χ4v) is 5.34. The van der Waals surface area contributed by atoms with Gasteiger partial charge >= 0.3 is 12.0 Å². The fraction of sp³-hybridized carbons (Fsp3) is 0.333. The van der Waals surface area contributed by atoms with Crippen LogP contribution in [0.25, 0.3) is 22.0 Å². The molecule has 46 heavy (non-hydrogen) atoms. The molecule has 0 unspecified atom stereocenters. The minimum atomic E-state index is -0.506. The maximum Gasteiger partial charge on any atom is 0.327 e. The fourth-order valence-electron chi connectivity index (χ4n) is 5.34. The summed E-state index contributed by atoms with van der Waals surface area (Å²) < 4.78 is 23.0. The lowest BCUT2D eigenvalue weighted by atomic mass is 10.2. The number of amides is 2. The van der Waals surface area contributed by atoms with Crippen molar-refractivity contribution < 1.29 is 23.4 Å². The van der Waals surface area contributed by atoms with E-state index in [4.69, 9.17) is 18.6 Å². The van der Waals surface area contributed by atoms with Gasteiger partial charge < -0.3 is 39.1 Å². The van der Waals surface area contributed by atoms with E-state index in [1.165, 1.54) is 6.33 Å². The number of nitrogens with one attached hydrogen (secondary N) is 3. The second kappa shape index (κ2) is 13.9. The van der Waals surface area contributed by atoms with Gasteiger partial charge in [-0.2, -0.15) is 4.98 Å². The zero-order valence-corrected chi connectivity index (χ0v) is 26.4. The first-order chi connectivity index (χ1) is 22.4. The third-order valence-electron chi connectivity index (χ3n) is 7.87. The Bertz CT molecular complexity index is 1840. The van der Waals surface area contributed by atoms with Gasteiger partial charge in [0, 0.05) is 55.9 Å². The Labute approximate surface area is 266 Å². The van der Waals surface area contributed by atoms with E-state index in [1.807, 2.05) is 37.3 Å². The molecule has 13 heteroatoms. The van der Waals surface area contributed by atoms with Crippen LogP contribution in [-0.4, -0.2) is 91.4 Å². The summed E-state index contributed by atoms with van der Waals surface area (Å²) in [6, 6.07) is 14.3. The number of hydrogen-bond donors (Lipinski definition) is 3. The Hall–Kier alpha value is -5.14. The van der Waals surface area contributed by atoms with Crippen molar-refractivity contribution >= 4 is 51.2 Å².